The SMILES string of the molecule is CCOc1cc(C(=O)N(Cc2cccs2)Cc2cccn2C)cc(OCC)c1OCC. The lowest BCUT2D eigenvalue weighted by atomic mass is 10.1. The van der Waals surface area contributed by atoms with E-state index in [1.807, 2.05) is 73.1 Å². The summed E-state index contributed by atoms with van der Waals surface area (Å²) >= 11 is 1.64. The average Bonchev–Trinajstić information content (AvgIpc) is 3.41. The Kier molecular flexibility index (Phi) is 8.00. The van der Waals surface area contributed by atoms with Crippen LogP contribution in [0.25, 0.3) is 0 Å². The molecule has 0 aliphatic carbocycles. The highest BCUT2D eigenvalue weighted by Gasteiger charge is 2.23. The Morgan fingerprint density at radius 2 is 1.65 bits per heavy atom. The van der Waals surface area contributed by atoms with E-state index in [0.29, 0.717) is 55.7 Å². The van der Waals surface area contributed by atoms with E-state index in [1.165, 1.54) is 0 Å². The first-order chi connectivity index (χ1) is 15.1. The summed E-state index contributed by atoms with van der Waals surface area (Å²) in [6.45, 7) is 8.16. The normalized spacial score (nSPS) is 10.7. The number of carbonyl (C=O) groups is 1. The van der Waals surface area contributed by atoms with Crippen LogP contribution in [0.3, 0.4) is 0 Å². The van der Waals surface area contributed by atoms with Crippen LogP contribution in [0.2, 0.25) is 0 Å². The standard InChI is InChI=1S/C24H30N2O4S/c1-5-28-21-14-18(15-22(29-6-2)23(21)30-7-3)24(27)26(17-20-11-9-13-31-20)16-19-10-8-12-25(19)4/h8-15H,5-7,16-17H2,1-4H3. The molecule has 0 atom stereocenters. The van der Waals surface area contributed by atoms with Gasteiger partial charge >= 0.3 is 0 Å². The molecule has 0 aliphatic heterocycles. The van der Waals surface area contributed by atoms with Crippen LogP contribution in [-0.2, 0) is 20.1 Å². The van der Waals surface area contributed by atoms with Crippen molar-refractivity contribution >= 4 is 17.2 Å². The summed E-state index contributed by atoms with van der Waals surface area (Å²) in [7, 11) is 1.99. The first-order valence-corrected chi connectivity index (χ1v) is 11.4. The Morgan fingerprint density at radius 1 is 0.968 bits per heavy atom. The van der Waals surface area contributed by atoms with Crippen LogP contribution in [0.4, 0.5) is 0 Å². The maximum atomic E-state index is 13.7. The van der Waals surface area contributed by atoms with Crippen LogP contribution in [0.15, 0.2) is 48.0 Å². The van der Waals surface area contributed by atoms with E-state index in [-0.39, 0.29) is 5.91 Å². The first kappa shape index (κ1) is 22.7. The lowest BCUT2D eigenvalue weighted by Crippen LogP contribution is -2.30. The van der Waals surface area contributed by atoms with Crippen molar-refractivity contribution in [1.29, 1.82) is 0 Å². The topological polar surface area (TPSA) is 52.9 Å². The number of rotatable bonds is 11. The number of aryl methyl sites for hydroxylation is 1. The average molecular weight is 443 g/mol. The van der Waals surface area contributed by atoms with Gasteiger partial charge in [0.25, 0.3) is 5.91 Å². The second kappa shape index (κ2) is 10.9. The van der Waals surface area contributed by atoms with Crippen molar-refractivity contribution in [3.63, 3.8) is 0 Å². The van der Waals surface area contributed by atoms with E-state index in [4.69, 9.17) is 14.2 Å². The zero-order chi connectivity index (χ0) is 22.2. The minimum Gasteiger partial charge on any atom is -0.490 e. The Labute approximate surface area is 188 Å². The molecule has 6 nitrogen and oxygen atoms in total. The second-order valence-corrected chi connectivity index (χ2v) is 7.98. The molecule has 0 spiro atoms. The summed E-state index contributed by atoms with van der Waals surface area (Å²) < 4.78 is 19.4. The molecule has 0 bridgehead atoms. The van der Waals surface area contributed by atoms with Crippen LogP contribution < -0.4 is 14.2 Å². The summed E-state index contributed by atoms with van der Waals surface area (Å²) in [6.07, 6.45) is 1.99. The molecule has 0 unspecified atom stereocenters. The number of thiophene rings is 1. The molecular weight excluding hydrogens is 412 g/mol. The quantitative estimate of drug-likeness (QED) is 0.413. The summed E-state index contributed by atoms with van der Waals surface area (Å²) in [5.74, 6) is 1.50. The summed E-state index contributed by atoms with van der Waals surface area (Å²) in [4.78, 5) is 16.6. The van der Waals surface area contributed by atoms with Crippen LogP contribution in [0.5, 0.6) is 17.2 Å². The molecule has 1 aromatic carbocycles. The highest BCUT2D eigenvalue weighted by atomic mass is 32.1. The predicted octanol–water partition coefficient (Wildman–Crippen LogP) is 5.13. The Hall–Kier alpha value is -2.93. The third-order valence-electron chi connectivity index (χ3n) is 4.77. The molecule has 2 aromatic heterocycles. The van der Waals surface area contributed by atoms with E-state index in [0.717, 1.165) is 10.6 Å². The largest absolute Gasteiger partial charge is 0.490 e. The van der Waals surface area contributed by atoms with Gasteiger partial charge in [-0.15, -0.1) is 11.3 Å². The second-order valence-electron chi connectivity index (χ2n) is 6.95. The molecular formula is C24H30N2O4S. The van der Waals surface area contributed by atoms with Crippen molar-refractivity contribution in [2.45, 2.75) is 33.9 Å². The third kappa shape index (κ3) is 5.61. The molecule has 0 fully saturated rings. The van der Waals surface area contributed by atoms with Crippen molar-refractivity contribution in [3.05, 3.63) is 64.1 Å². The zero-order valence-corrected chi connectivity index (χ0v) is 19.4. The maximum Gasteiger partial charge on any atom is 0.254 e. The molecule has 0 radical (unpaired) electrons. The summed E-state index contributed by atoms with van der Waals surface area (Å²) in [5.41, 5.74) is 1.58. The molecule has 7 heteroatoms. The zero-order valence-electron chi connectivity index (χ0n) is 18.6. The van der Waals surface area contributed by atoms with Crippen LogP contribution in [0.1, 0.15) is 41.7 Å². The van der Waals surface area contributed by atoms with Gasteiger partial charge in [0.2, 0.25) is 5.75 Å². The van der Waals surface area contributed by atoms with E-state index in [1.54, 1.807) is 23.5 Å². The van der Waals surface area contributed by atoms with Crippen molar-refractivity contribution in [1.82, 2.24) is 9.47 Å². The van der Waals surface area contributed by atoms with Crippen molar-refractivity contribution in [2.24, 2.45) is 7.05 Å². The van der Waals surface area contributed by atoms with Crippen LogP contribution in [-0.4, -0.2) is 35.2 Å². The predicted molar refractivity (Wildman–Crippen MR) is 123 cm³/mol. The third-order valence-corrected chi connectivity index (χ3v) is 5.64. The molecule has 3 aromatic rings. The number of ether oxygens (including phenoxy) is 3. The van der Waals surface area contributed by atoms with Gasteiger partial charge in [0.15, 0.2) is 11.5 Å². The smallest absolute Gasteiger partial charge is 0.254 e. The molecule has 166 valence electrons. The molecule has 3 rings (SSSR count). The van der Waals surface area contributed by atoms with Gasteiger partial charge in [0.1, 0.15) is 0 Å². The summed E-state index contributed by atoms with van der Waals surface area (Å²) in [5, 5.41) is 2.03. The minimum absolute atomic E-state index is 0.0837. The monoisotopic (exact) mass is 442 g/mol. The fourth-order valence-electron chi connectivity index (χ4n) is 3.34. The fraction of sp³-hybridized carbons (Fsp3) is 0.375. The number of amides is 1. The van der Waals surface area contributed by atoms with Gasteiger partial charge in [-0.25, -0.2) is 0 Å². The van der Waals surface area contributed by atoms with Crippen molar-refractivity contribution < 1.29 is 19.0 Å². The van der Waals surface area contributed by atoms with Crippen molar-refractivity contribution in [3.8, 4) is 17.2 Å². The lowest BCUT2D eigenvalue weighted by molar-refractivity contribution is 0.0727. The number of hydrogen-bond acceptors (Lipinski definition) is 5. The van der Waals surface area contributed by atoms with Gasteiger partial charge in [-0.2, -0.15) is 0 Å². The van der Waals surface area contributed by atoms with Gasteiger partial charge in [-0.1, -0.05) is 6.07 Å². The van der Waals surface area contributed by atoms with E-state index < -0.39 is 0 Å². The number of nitrogens with zero attached hydrogens (tertiary/aromatic N) is 2. The van der Waals surface area contributed by atoms with Gasteiger partial charge < -0.3 is 23.7 Å². The number of benzene rings is 1. The van der Waals surface area contributed by atoms with Gasteiger partial charge in [0, 0.05) is 29.4 Å². The van der Waals surface area contributed by atoms with Gasteiger partial charge in [-0.05, 0) is 56.5 Å². The lowest BCUT2D eigenvalue weighted by Gasteiger charge is -2.24. The minimum atomic E-state index is -0.0837. The Morgan fingerprint density at radius 3 is 2.16 bits per heavy atom. The molecule has 0 saturated carbocycles. The summed E-state index contributed by atoms with van der Waals surface area (Å²) in [6, 6.07) is 11.6. The van der Waals surface area contributed by atoms with E-state index in [2.05, 4.69) is 0 Å². The maximum absolute atomic E-state index is 13.7. The first-order valence-electron chi connectivity index (χ1n) is 10.6. The van der Waals surface area contributed by atoms with Crippen LogP contribution in [0, 0.1) is 0 Å². The van der Waals surface area contributed by atoms with Crippen LogP contribution >= 0.6 is 11.3 Å². The molecule has 0 aliphatic rings. The molecule has 0 N–H and O–H groups in total. The highest BCUT2D eigenvalue weighted by molar-refractivity contribution is 7.09. The fourth-order valence-corrected chi connectivity index (χ4v) is 4.06. The van der Waals surface area contributed by atoms with E-state index in [9.17, 15) is 4.79 Å². The molecule has 1 amide bonds. The molecule has 31 heavy (non-hydrogen) atoms. The molecule has 0 saturated heterocycles. The van der Waals surface area contributed by atoms with Gasteiger partial charge in [0.05, 0.1) is 32.9 Å². The number of aromatic nitrogens is 1. The molecule has 2 heterocycles. The van der Waals surface area contributed by atoms with Crippen molar-refractivity contribution in [2.75, 3.05) is 19.8 Å². The Balaban J connectivity index is 1.99. The highest BCUT2D eigenvalue weighted by Crippen LogP contribution is 2.39. The van der Waals surface area contributed by atoms with Gasteiger partial charge in [-0.3, -0.25) is 4.79 Å². The Bertz CT molecular complexity index is 954. The van der Waals surface area contributed by atoms with E-state index >= 15 is 0 Å². The number of hydrogen-bond donors (Lipinski definition) is 0. The number of carbonyl (C=O) groups excluding carboxylic acids is 1.